The third kappa shape index (κ3) is 4.51. The van der Waals surface area contributed by atoms with Gasteiger partial charge in [0.2, 0.25) is 10.0 Å². The molecule has 1 heterocycles. The summed E-state index contributed by atoms with van der Waals surface area (Å²) in [5.41, 5.74) is 0. The van der Waals surface area contributed by atoms with Gasteiger partial charge in [-0.15, -0.1) is 11.3 Å². The van der Waals surface area contributed by atoms with Crippen LogP contribution in [-0.4, -0.2) is 21.5 Å². The fourth-order valence-electron chi connectivity index (χ4n) is 3.17. The highest BCUT2D eigenvalue weighted by atomic mass is 79.9. The van der Waals surface area contributed by atoms with Crippen LogP contribution in [0.5, 0.6) is 0 Å². The van der Waals surface area contributed by atoms with Crippen LogP contribution >= 0.6 is 27.3 Å². The maximum atomic E-state index is 12.6. The summed E-state index contributed by atoms with van der Waals surface area (Å²) in [6, 6.07) is 1.80. The number of halogens is 1. The molecule has 2 N–H and O–H groups in total. The summed E-state index contributed by atoms with van der Waals surface area (Å²) in [4.78, 5) is 1.37. The van der Waals surface area contributed by atoms with Crippen molar-refractivity contribution in [3.63, 3.8) is 0 Å². The molecule has 7 heteroatoms. The van der Waals surface area contributed by atoms with Gasteiger partial charge in [0.1, 0.15) is 4.90 Å². The zero-order valence-corrected chi connectivity index (χ0v) is 15.9. The molecule has 1 aromatic rings. The summed E-state index contributed by atoms with van der Waals surface area (Å²) >= 11 is 4.85. The monoisotopic (exact) mass is 394 g/mol. The van der Waals surface area contributed by atoms with E-state index in [-0.39, 0.29) is 6.04 Å². The highest BCUT2D eigenvalue weighted by Crippen LogP contribution is 2.33. The first kappa shape index (κ1) is 17.4. The number of thiophene rings is 1. The normalized spacial score (nSPS) is 27.0. The zero-order chi connectivity index (χ0) is 15.6. The third-order valence-electron chi connectivity index (χ3n) is 3.85. The first-order chi connectivity index (χ1) is 9.81. The van der Waals surface area contributed by atoms with Crippen molar-refractivity contribution in [3.8, 4) is 0 Å². The van der Waals surface area contributed by atoms with Crippen LogP contribution in [0.25, 0.3) is 0 Å². The zero-order valence-electron chi connectivity index (χ0n) is 12.6. The van der Waals surface area contributed by atoms with E-state index < -0.39 is 10.0 Å². The van der Waals surface area contributed by atoms with Gasteiger partial charge >= 0.3 is 0 Å². The Morgan fingerprint density at radius 3 is 2.48 bits per heavy atom. The summed E-state index contributed by atoms with van der Waals surface area (Å²) in [6.07, 6.45) is 3.04. The van der Waals surface area contributed by atoms with Crippen molar-refractivity contribution in [2.75, 3.05) is 7.05 Å². The first-order valence-corrected chi connectivity index (χ1v) is 10.4. The van der Waals surface area contributed by atoms with Crippen LogP contribution < -0.4 is 10.0 Å². The van der Waals surface area contributed by atoms with Crippen molar-refractivity contribution in [1.82, 2.24) is 10.0 Å². The second-order valence-electron chi connectivity index (χ2n) is 6.12. The molecular weight excluding hydrogens is 372 g/mol. The van der Waals surface area contributed by atoms with E-state index in [2.05, 4.69) is 39.8 Å². The summed E-state index contributed by atoms with van der Waals surface area (Å²) in [5.74, 6) is 1.15. The molecule has 4 nitrogen and oxygen atoms in total. The van der Waals surface area contributed by atoms with Gasteiger partial charge in [-0.25, -0.2) is 13.1 Å². The highest BCUT2D eigenvalue weighted by Gasteiger charge is 2.29. The van der Waals surface area contributed by atoms with Gasteiger partial charge in [-0.2, -0.15) is 0 Å². The number of sulfonamides is 1. The molecule has 1 saturated carbocycles. The summed E-state index contributed by atoms with van der Waals surface area (Å²) in [7, 11) is -1.60. The average Bonchev–Trinajstić information content (AvgIpc) is 2.69. The second kappa shape index (κ2) is 7.08. The quantitative estimate of drug-likeness (QED) is 0.804. The molecule has 2 atom stereocenters. The minimum atomic E-state index is -3.45. The van der Waals surface area contributed by atoms with Crippen LogP contribution in [0, 0.1) is 11.8 Å². The van der Waals surface area contributed by atoms with E-state index in [1.807, 2.05) is 7.05 Å². The Hall–Kier alpha value is 0.0500. The smallest absolute Gasteiger partial charge is 0.242 e. The number of hydrogen-bond acceptors (Lipinski definition) is 4. The molecular formula is C14H23BrN2O2S2. The molecule has 0 aromatic carbocycles. The Labute approximate surface area is 139 Å². The van der Waals surface area contributed by atoms with Crippen LogP contribution in [-0.2, 0) is 16.6 Å². The van der Waals surface area contributed by atoms with Crippen molar-refractivity contribution >= 4 is 37.3 Å². The Kier molecular flexibility index (Phi) is 5.87. The molecule has 1 aromatic heterocycles. The highest BCUT2D eigenvalue weighted by molar-refractivity contribution is 9.11. The lowest BCUT2D eigenvalue weighted by atomic mass is 9.81. The van der Waals surface area contributed by atoms with Gasteiger partial charge in [-0.3, -0.25) is 0 Å². The van der Waals surface area contributed by atoms with E-state index in [0.717, 1.165) is 17.7 Å². The average molecular weight is 395 g/mol. The van der Waals surface area contributed by atoms with Gasteiger partial charge < -0.3 is 5.32 Å². The Morgan fingerprint density at radius 1 is 1.29 bits per heavy atom. The predicted octanol–water partition coefficient (Wildman–Crippen LogP) is 3.33. The lowest BCUT2D eigenvalue weighted by molar-refractivity contribution is 0.257. The standard InChI is InChI=1S/C14H23BrN2O2S2/c1-9-4-10(2)6-11(5-9)17-21(18,19)13-7-12(8-16-3)20-14(13)15/h7,9-11,16-17H,4-6,8H2,1-3H3. The van der Waals surface area contributed by atoms with Crippen molar-refractivity contribution < 1.29 is 8.42 Å². The van der Waals surface area contributed by atoms with E-state index in [1.54, 1.807) is 6.07 Å². The molecule has 0 bridgehead atoms. The molecule has 0 radical (unpaired) electrons. The van der Waals surface area contributed by atoms with Gasteiger partial charge in [-0.05, 0) is 60.1 Å². The first-order valence-electron chi connectivity index (χ1n) is 7.27. The van der Waals surface area contributed by atoms with E-state index in [4.69, 9.17) is 0 Å². The predicted molar refractivity (Wildman–Crippen MR) is 91.1 cm³/mol. The van der Waals surface area contributed by atoms with Gasteiger partial charge in [0, 0.05) is 17.5 Å². The molecule has 1 aliphatic rings. The molecule has 0 saturated heterocycles. The molecule has 0 aliphatic heterocycles. The van der Waals surface area contributed by atoms with Crippen LogP contribution in [0.15, 0.2) is 14.7 Å². The molecule has 1 fully saturated rings. The Balaban J connectivity index is 2.14. The van der Waals surface area contributed by atoms with Gasteiger partial charge in [0.25, 0.3) is 0 Å². The van der Waals surface area contributed by atoms with Crippen LogP contribution in [0.4, 0.5) is 0 Å². The molecule has 1 aliphatic carbocycles. The maximum Gasteiger partial charge on any atom is 0.242 e. The van der Waals surface area contributed by atoms with E-state index >= 15 is 0 Å². The number of nitrogens with one attached hydrogen (secondary N) is 2. The lowest BCUT2D eigenvalue weighted by Gasteiger charge is -2.31. The summed E-state index contributed by atoms with van der Waals surface area (Å²) in [6.45, 7) is 5.07. The maximum absolute atomic E-state index is 12.6. The van der Waals surface area contributed by atoms with E-state index in [0.29, 0.717) is 27.1 Å². The van der Waals surface area contributed by atoms with Crippen molar-refractivity contribution in [2.24, 2.45) is 11.8 Å². The lowest BCUT2D eigenvalue weighted by Crippen LogP contribution is -2.39. The third-order valence-corrected chi connectivity index (χ3v) is 7.62. The fourth-order valence-corrected chi connectivity index (χ4v) is 7.12. The molecule has 2 rings (SSSR count). The Morgan fingerprint density at radius 2 is 1.90 bits per heavy atom. The van der Waals surface area contributed by atoms with Crippen molar-refractivity contribution in [3.05, 3.63) is 14.7 Å². The van der Waals surface area contributed by atoms with Crippen LogP contribution in [0.2, 0.25) is 0 Å². The molecule has 21 heavy (non-hydrogen) atoms. The minimum Gasteiger partial charge on any atom is -0.315 e. The fraction of sp³-hybridized carbons (Fsp3) is 0.714. The largest absolute Gasteiger partial charge is 0.315 e. The van der Waals surface area contributed by atoms with E-state index in [1.165, 1.54) is 17.8 Å². The van der Waals surface area contributed by atoms with Gasteiger partial charge in [0.05, 0.1) is 3.79 Å². The van der Waals surface area contributed by atoms with Crippen LogP contribution in [0.1, 0.15) is 38.0 Å². The number of rotatable bonds is 5. The summed E-state index contributed by atoms with van der Waals surface area (Å²) < 4.78 is 28.8. The Bertz CT molecular complexity index is 576. The van der Waals surface area contributed by atoms with Gasteiger partial charge in [-0.1, -0.05) is 13.8 Å². The van der Waals surface area contributed by atoms with Crippen LogP contribution in [0.3, 0.4) is 0 Å². The SMILES string of the molecule is CNCc1cc(S(=O)(=O)NC2CC(C)CC(C)C2)c(Br)s1. The molecule has 0 spiro atoms. The summed E-state index contributed by atoms with van der Waals surface area (Å²) in [5, 5.41) is 3.04. The minimum absolute atomic E-state index is 0.0494. The molecule has 0 amide bonds. The second-order valence-corrected chi connectivity index (χ2v) is 10.3. The van der Waals surface area contributed by atoms with Crippen molar-refractivity contribution in [1.29, 1.82) is 0 Å². The van der Waals surface area contributed by atoms with E-state index in [9.17, 15) is 8.42 Å². The van der Waals surface area contributed by atoms with Crippen molar-refractivity contribution in [2.45, 2.75) is 50.6 Å². The number of hydrogen-bond donors (Lipinski definition) is 2. The topological polar surface area (TPSA) is 58.2 Å². The molecule has 2 unspecified atom stereocenters. The molecule has 120 valence electrons. The van der Waals surface area contributed by atoms with Gasteiger partial charge in [0.15, 0.2) is 0 Å².